The zero-order valence-electron chi connectivity index (χ0n) is 13.2. The van der Waals surface area contributed by atoms with Crippen LogP contribution >= 0.6 is 11.6 Å². The molecule has 0 saturated carbocycles. The van der Waals surface area contributed by atoms with Crippen LogP contribution < -0.4 is 0 Å². The molecule has 0 fully saturated rings. The Balaban J connectivity index is 2.27. The lowest BCUT2D eigenvalue weighted by molar-refractivity contribution is 0.485. The number of fused-ring (bicyclic) bond motifs is 1. The molecule has 1 atom stereocenters. The van der Waals surface area contributed by atoms with E-state index in [1.54, 1.807) is 0 Å². The van der Waals surface area contributed by atoms with Gasteiger partial charge in [0, 0.05) is 10.6 Å². The van der Waals surface area contributed by atoms with Gasteiger partial charge in [-0.1, -0.05) is 18.0 Å². The summed E-state index contributed by atoms with van der Waals surface area (Å²) in [6, 6.07) is 7.86. The average molecular weight is 371 g/mol. The normalized spacial score (nSPS) is 21.2. The molecular formula is C18H17ClF2O2S. The molecule has 1 aliphatic carbocycles. The molecule has 6 heteroatoms. The maximum atomic E-state index is 14.6. The van der Waals surface area contributed by atoms with Gasteiger partial charge in [-0.15, -0.1) is 0 Å². The Morgan fingerprint density at radius 1 is 1.00 bits per heavy atom. The van der Waals surface area contributed by atoms with Crippen LogP contribution in [-0.4, -0.2) is 8.42 Å². The minimum Gasteiger partial charge on any atom is -0.223 e. The van der Waals surface area contributed by atoms with Gasteiger partial charge in [-0.2, -0.15) is 0 Å². The molecule has 0 heterocycles. The highest BCUT2D eigenvalue weighted by Gasteiger charge is 2.46. The SMILES string of the molecule is CC1(S(=O)(=O)c2ccc(Cl)cc2)CCCCc2c(F)ccc(F)c21. The van der Waals surface area contributed by atoms with Crippen LogP contribution in [0.4, 0.5) is 8.78 Å². The molecular weight excluding hydrogens is 354 g/mol. The van der Waals surface area contributed by atoms with Gasteiger partial charge in [0.2, 0.25) is 0 Å². The molecule has 1 unspecified atom stereocenters. The number of sulfone groups is 1. The van der Waals surface area contributed by atoms with E-state index in [9.17, 15) is 17.2 Å². The van der Waals surface area contributed by atoms with Crippen molar-refractivity contribution in [3.63, 3.8) is 0 Å². The van der Waals surface area contributed by atoms with Crippen molar-refractivity contribution in [1.29, 1.82) is 0 Å². The highest BCUT2D eigenvalue weighted by Crippen LogP contribution is 2.45. The summed E-state index contributed by atoms with van der Waals surface area (Å²) >= 11 is 5.83. The third-order valence-corrected chi connectivity index (χ3v) is 7.52. The number of halogens is 3. The van der Waals surface area contributed by atoms with Crippen molar-refractivity contribution in [2.24, 2.45) is 0 Å². The standard InChI is InChI=1S/C18H17ClF2O2S/c1-18(24(22,23)13-7-5-12(19)6-8-13)11-3-2-4-14-15(20)9-10-16(21)17(14)18/h5-10H,2-4,11H2,1H3. The molecule has 24 heavy (non-hydrogen) atoms. The summed E-state index contributed by atoms with van der Waals surface area (Å²) in [5.41, 5.74) is 0.141. The summed E-state index contributed by atoms with van der Waals surface area (Å²) in [5.74, 6) is -1.22. The van der Waals surface area contributed by atoms with Gasteiger partial charge in [0.05, 0.1) is 4.90 Å². The summed E-state index contributed by atoms with van der Waals surface area (Å²) in [6.45, 7) is 1.49. The van der Waals surface area contributed by atoms with Gasteiger partial charge in [-0.3, -0.25) is 0 Å². The molecule has 0 saturated heterocycles. The summed E-state index contributed by atoms with van der Waals surface area (Å²) in [5, 5.41) is 0.414. The second-order valence-corrected chi connectivity index (χ2v) is 9.09. The molecule has 1 aliphatic rings. The predicted molar refractivity (Wildman–Crippen MR) is 89.9 cm³/mol. The van der Waals surface area contributed by atoms with E-state index in [2.05, 4.69) is 0 Å². The van der Waals surface area contributed by atoms with Crippen molar-refractivity contribution >= 4 is 21.4 Å². The Bertz CT molecular complexity index is 879. The van der Waals surface area contributed by atoms with E-state index < -0.39 is 26.2 Å². The highest BCUT2D eigenvalue weighted by atomic mass is 35.5. The molecule has 128 valence electrons. The predicted octanol–water partition coefficient (Wildman–Crippen LogP) is 5.03. The van der Waals surface area contributed by atoms with Crippen LogP contribution in [0.5, 0.6) is 0 Å². The molecule has 3 rings (SSSR count). The van der Waals surface area contributed by atoms with Gasteiger partial charge >= 0.3 is 0 Å². The molecule has 2 aromatic rings. The zero-order valence-corrected chi connectivity index (χ0v) is 14.7. The van der Waals surface area contributed by atoms with Crippen molar-refractivity contribution in [3.8, 4) is 0 Å². The fourth-order valence-corrected chi connectivity index (χ4v) is 5.48. The van der Waals surface area contributed by atoms with Gasteiger partial charge in [0.25, 0.3) is 0 Å². The van der Waals surface area contributed by atoms with E-state index in [1.165, 1.54) is 31.2 Å². The van der Waals surface area contributed by atoms with Crippen molar-refractivity contribution in [1.82, 2.24) is 0 Å². The smallest absolute Gasteiger partial charge is 0.188 e. The van der Waals surface area contributed by atoms with Gasteiger partial charge in [-0.05, 0) is 68.1 Å². The molecule has 2 nitrogen and oxygen atoms in total. The molecule has 0 aliphatic heterocycles. The monoisotopic (exact) mass is 370 g/mol. The van der Waals surface area contributed by atoms with Crippen LogP contribution in [0.1, 0.15) is 37.3 Å². The molecule has 0 amide bonds. The summed E-state index contributed by atoms with van der Waals surface area (Å²) < 4.78 is 53.8. The van der Waals surface area contributed by atoms with Crippen molar-refractivity contribution < 1.29 is 17.2 Å². The van der Waals surface area contributed by atoms with Gasteiger partial charge in [0.1, 0.15) is 16.4 Å². The highest BCUT2D eigenvalue weighted by molar-refractivity contribution is 7.92. The molecule has 0 N–H and O–H groups in total. The Morgan fingerprint density at radius 3 is 2.29 bits per heavy atom. The van der Waals surface area contributed by atoms with Crippen LogP contribution in [0.2, 0.25) is 5.02 Å². The van der Waals surface area contributed by atoms with Crippen molar-refractivity contribution in [3.05, 3.63) is 64.2 Å². The van der Waals surface area contributed by atoms with E-state index >= 15 is 0 Å². The summed E-state index contributed by atoms with van der Waals surface area (Å²) in [4.78, 5) is 0.0610. The van der Waals surface area contributed by atoms with Crippen molar-refractivity contribution in [2.75, 3.05) is 0 Å². The fourth-order valence-electron chi connectivity index (χ4n) is 3.44. The quantitative estimate of drug-likeness (QED) is 0.694. The first-order valence-electron chi connectivity index (χ1n) is 7.75. The first kappa shape index (κ1) is 17.4. The second kappa shape index (κ2) is 6.12. The number of benzene rings is 2. The minimum atomic E-state index is -3.92. The maximum Gasteiger partial charge on any atom is 0.188 e. The minimum absolute atomic E-state index is 0.0325. The van der Waals surface area contributed by atoms with Crippen LogP contribution in [0.25, 0.3) is 0 Å². The van der Waals surface area contributed by atoms with Gasteiger partial charge in [-0.25, -0.2) is 17.2 Å². The maximum absolute atomic E-state index is 14.6. The number of rotatable bonds is 2. The van der Waals surface area contributed by atoms with E-state index in [0.29, 0.717) is 24.3 Å². The van der Waals surface area contributed by atoms with E-state index in [0.717, 1.165) is 12.1 Å². The van der Waals surface area contributed by atoms with Crippen LogP contribution in [0.3, 0.4) is 0 Å². The third kappa shape index (κ3) is 2.64. The van der Waals surface area contributed by atoms with Crippen molar-refractivity contribution in [2.45, 2.75) is 42.2 Å². The molecule has 0 bridgehead atoms. The van der Waals surface area contributed by atoms with Gasteiger partial charge in [0.15, 0.2) is 9.84 Å². The number of hydrogen-bond acceptors (Lipinski definition) is 2. The second-order valence-electron chi connectivity index (χ2n) is 6.28. The Labute approximate surface area is 145 Å². The van der Waals surface area contributed by atoms with E-state index in [1.807, 2.05) is 0 Å². The van der Waals surface area contributed by atoms with Gasteiger partial charge < -0.3 is 0 Å². The first-order chi connectivity index (χ1) is 11.3. The van der Waals surface area contributed by atoms with E-state index in [4.69, 9.17) is 11.6 Å². The molecule has 0 aromatic heterocycles. The van der Waals surface area contributed by atoms with Crippen LogP contribution in [0.15, 0.2) is 41.3 Å². The molecule has 0 spiro atoms. The summed E-state index contributed by atoms with van der Waals surface area (Å²) in [7, 11) is -3.92. The third-order valence-electron chi connectivity index (χ3n) is 4.78. The average Bonchev–Trinajstić information content (AvgIpc) is 2.73. The zero-order chi connectivity index (χ0) is 17.5. The van der Waals surface area contributed by atoms with Crippen LogP contribution in [0, 0.1) is 11.6 Å². The van der Waals surface area contributed by atoms with Crippen LogP contribution in [-0.2, 0) is 21.0 Å². The van der Waals surface area contributed by atoms with E-state index in [-0.39, 0.29) is 22.4 Å². The fraction of sp³-hybridized carbons (Fsp3) is 0.333. The molecule has 2 aromatic carbocycles. The number of hydrogen-bond donors (Lipinski definition) is 0. The summed E-state index contributed by atoms with van der Waals surface area (Å²) in [6.07, 6.45) is 1.78. The first-order valence-corrected chi connectivity index (χ1v) is 9.61. The lowest BCUT2D eigenvalue weighted by Gasteiger charge is -2.30. The molecule has 0 radical (unpaired) electrons. The lowest BCUT2D eigenvalue weighted by Crippen LogP contribution is -2.34. The Hall–Kier alpha value is -1.46. The Morgan fingerprint density at radius 2 is 1.62 bits per heavy atom. The lowest BCUT2D eigenvalue weighted by atomic mass is 9.92. The Kier molecular flexibility index (Phi) is 4.43. The largest absolute Gasteiger partial charge is 0.223 e. The topological polar surface area (TPSA) is 34.1 Å².